The van der Waals surface area contributed by atoms with Crippen LogP contribution < -0.4 is 11.2 Å². The Labute approximate surface area is 130 Å². The zero-order valence-corrected chi connectivity index (χ0v) is 13.5. The zero-order chi connectivity index (χ0) is 16.2. The minimum absolute atomic E-state index is 0.487. The van der Waals surface area contributed by atoms with E-state index in [0.29, 0.717) is 16.1 Å². The van der Waals surface area contributed by atoms with E-state index in [-0.39, 0.29) is 0 Å². The van der Waals surface area contributed by atoms with E-state index in [0.717, 1.165) is 34.3 Å². The number of carboxylic acid groups (broad SMARTS) is 1. The highest BCUT2D eigenvalue weighted by molar-refractivity contribution is 7.18. The SMILES string of the molecule is CC1CCc2c(sc3[nH]c(=O)n(C(C)(C)C(=O)O)c(=O)c23)C1. The molecule has 3 rings (SSSR count). The second kappa shape index (κ2) is 4.81. The van der Waals surface area contributed by atoms with E-state index in [4.69, 9.17) is 0 Å². The standard InChI is InChI=1S/C15H18N2O4S/c1-7-4-5-8-9(6-7)22-11-10(8)12(18)17(14(21)16-11)15(2,3)13(19)20/h7H,4-6H2,1-3H3,(H,16,21)(H,19,20). The van der Waals surface area contributed by atoms with Gasteiger partial charge in [-0.25, -0.2) is 14.2 Å². The molecule has 0 radical (unpaired) electrons. The summed E-state index contributed by atoms with van der Waals surface area (Å²) in [6.45, 7) is 4.89. The fraction of sp³-hybridized carbons (Fsp3) is 0.533. The van der Waals surface area contributed by atoms with Crippen molar-refractivity contribution in [2.45, 2.75) is 45.6 Å². The van der Waals surface area contributed by atoms with Crippen molar-refractivity contribution < 1.29 is 9.90 Å². The summed E-state index contributed by atoms with van der Waals surface area (Å²) in [6, 6.07) is 0. The van der Waals surface area contributed by atoms with E-state index in [9.17, 15) is 19.5 Å². The van der Waals surface area contributed by atoms with Crippen molar-refractivity contribution in [3.63, 3.8) is 0 Å². The highest BCUT2D eigenvalue weighted by Crippen LogP contribution is 2.35. The van der Waals surface area contributed by atoms with E-state index < -0.39 is 22.8 Å². The Morgan fingerprint density at radius 3 is 2.73 bits per heavy atom. The molecule has 2 N–H and O–H groups in total. The predicted molar refractivity (Wildman–Crippen MR) is 84.9 cm³/mol. The van der Waals surface area contributed by atoms with Crippen LogP contribution in [0.15, 0.2) is 9.59 Å². The molecule has 0 aliphatic heterocycles. The Morgan fingerprint density at radius 1 is 1.41 bits per heavy atom. The number of nitrogens with one attached hydrogen (secondary N) is 1. The van der Waals surface area contributed by atoms with Crippen LogP contribution in [0, 0.1) is 5.92 Å². The van der Waals surface area contributed by atoms with Crippen LogP contribution in [0.25, 0.3) is 10.2 Å². The summed E-state index contributed by atoms with van der Waals surface area (Å²) < 4.78 is 0.822. The maximum Gasteiger partial charge on any atom is 0.330 e. The van der Waals surface area contributed by atoms with Gasteiger partial charge >= 0.3 is 11.7 Å². The quantitative estimate of drug-likeness (QED) is 0.880. The maximum atomic E-state index is 12.8. The van der Waals surface area contributed by atoms with Crippen LogP contribution in [0.5, 0.6) is 0 Å². The third-order valence-corrected chi connectivity index (χ3v) is 5.60. The maximum absolute atomic E-state index is 12.8. The molecule has 0 fully saturated rings. The second-order valence-electron chi connectivity index (χ2n) is 6.49. The van der Waals surface area contributed by atoms with Crippen molar-refractivity contribution in [2.75, 3.05) is 0 Å². The number of fused-ring (bicyclic) bond motifs is 3. The van der Waals surface area contributed by atoms with Crippen molar-refractivity contribution >= 4 is 27.5 Å². The lowest BCUT2D eigenvalue weighted by atomic mass is 9.89. The number of aromatic amines is 1. The van der Waals surface area contributed by atoms with Crippen LogP contribution in [0.1, 0.15) is 37.6 Å². The van der Waals surface area contributed by atoms with E-state index in [1.807, 2.05) is 0 Å². The summed E-state index contributed by atoms with van der Waals surface area (Å²) in [4.78, 5) is 40.8. The Hall–Kier alpha value is -1.89. The van der Waals surface area contributed by atoms with Crippen molar-refractivity contribution in [1.29, 1.82) is 0 Å². The Bertz CT molecular complexity index is 887. The van der Waals surface area contributed by atoms with Crippen LogP contribution in [-0.2, 0) is 23.2 Å². The molecular formula is C15H18N2O4S. The van der Waals surface area contributed by atoms with Gasteiger partial charge in [-0.05, 0) is 44.6 Å². The van der Waals surface area contributed by atoms with Gasteiger partial charge in [0.15, 0.2) is 0 Å². The number of aliphatic carboxylic acids is 1. The van der Waals surface area contributed by atoms with Crippen LogP contribution in [0.4, 0.5) is 0 Å². The van der Waals surface area contributed by atoms with Gasteiger partial charge in [0, 0.05) is 4.88 Å². The molecule has 0 bridgehead atoms. The Balaban J connectivity index is 2.37. The first-order valence-electron chi connectivity index (χ1n) is 7.27. The van der Waals surface area contributed by atoms with Crippen molar-refractivity contribution in [1.82, 2.24) is 9.55 Å². The molecular weight excluding hydrogens is 304 g/mol. The molecule has 1 atom stereocenters. The molecule has 22 heavy (non-hydrogen) atoms. The van der Waals surface area contributed by atoms with Gasteiger partial charge in [-0.2, -0.15) is 0 Å². The van der Waals surface area contributed by atoms with Crippen LogP contribution in [-0.4, -0.2) is 20.6 Å². The minimum atomic E-state index is -1.59. The number of hydrogen-bond acceptors (Lipinski definition) is 4. The molecule has 2 aromatic rings. The molecule has 6 nitrogen and oxygen atoms in total. The molecule has 2 heterocycles. The first-order valence-corrected chi connectivity index (χ1v) is 8.08. The first kappa shape index (κ1) is 15.0. The largest absolute Gasteiger partial charge is 0.480 e. The van der Waals surface area contributed by atoms with Crippen LogP contribution >= 0.6 is 11.3 Å². The van der Waals surface area contributed by atoms with Crippen LogP contribution in [0.3, 0.4) is 0 Å². The van der Waals surface area contributed by atoms with Gasteiger partial charge in [0.1, 0.15) is 10.4 Å². The number of rotatable bonds is 2. The van der Waals surface area contributed by atoms with E-state index >= 15 is 0 Å². The normalized spacial score (nSPS) is 18.4. The van der Waals surface area contributed by atoms with Crippen molar-refractivity contribution in [3.05, 3.63) is 31.3 Å². The molecule has 0 saturated heterocycles. The molecule has 0 amide bonds. The molecule has 1 aliphatic carbocycles. The van der Waals surface area contributed by atoms with E-state index in [2.05, 4.69) is 11.9 Å². The molecule has 1 aliphatic rings. The number of nitrogens with zero attached hydrogens (tertiary/aromatic N) is 1. The lowest BCUT2D eigenvalue weighted by Gasteiger charge is -2.21. The highest BCUT2D eigenvalue weighted by atomic mass is 32.1. The average molecular weight is 322 g/mol. The lowest BCUT2D eigenvalue weighted by Crippen LogP contribution is -2.50. The third-order valence-electron chi connectivity index (χ3n) is 4.43. The third kappa shape index (κ3) is 2.03. The number of thiophene rings is 1. The number of H-pyrrole nitrogens is 1. The molecule has 1 unspecified atom stereocenters. The van der Waals surface area contributed by atoms with Gasteiger partial charge in [-0.15, -0.1) is 11.3 Å². The van der Waals surface area contributed by atoms with E-state index in [1.54, 1.807) is 0 Å². The second-order valence-corrected chi connectivity index (χ2v) is 7.60. The molecule has 2 aromatic heterocycles. The Kier molecular flexibility index (Phi) is 3.28. The first-order chi connectivity index (χ1) is 10.2. The van der Waals surface area contributed by atoms with Gasteiger partial charge < -0.3 is 5.11 Å². The minimum Gasteiger partial charge on any atom is -0.480 e. The topological polar surface area (TPSA) is 92.2 Å². The van der Waals surface area contributed by atoms with Crippen molar-refractivity contribution in [3.8, 4) is 0 Å². The smallest absolute Gasteiger partial charge is 0.330 e. The molecule has 118 valence electrons. The van der Waals surface area contributed by atoms with Gasteiger partial charge in [0.2, 0.25) is 0 Å². The number of aryl methyl sites for hydroxylation is 1. The summed E-state index contributed by atoms with van der Waals surface area (Å²) in [5.74, 6) is -0.651. The van der Waals surface area contributed by atoms with Crippen LogP contribution in [0.2, 0.25) is 0 Å². The summed E-state index contributed by atoms with van der Waals surface area (Å²) in [5.41, 5.74) is -1.78. The van der Waals surface area contributed by atoms with Crippen molar-refractivity contribution in [2.24, 2.45) is 5.92 Å². The highest BCUT2D eigenvalue weighted by Gasteiger charge is 2.34. The molecule has 0 spiro atoms. The summed E-state index contributed by atoms with van der Waals surface area (Å²) in [7, 11) is 0. The van der Waals surface area contributed by atoms with Gasteiger partial charge in [-0.3, -0.25) is 9.78 Å². The van der Waals surface area contributed by atoms with E-state index in [1.165, 1.54) is 25.2 Å². The number of hydrogen-bond donors (Lipinski definition) is 2. The number of aromatic nitrogens is 2. The van der Waals surface area contributed by atoms with Gasteiger partial charge in [0.25, 0.3) is 5.56 Å². The summed E-state index contributed by atoms with van der Waals surface area (Å²) in [6.07, 6.45) is 2.70. The fourth-order valence-electron chi connectivity index (χ4n) is 3.03. The summed E-state index contributed by atoms with van der Waals surface area (Å²) >= 11 is 1.44. The monoisotopic (exact) mass is 322 g/mol. The zero-order valence-electron chi connectivity index (χ0n) is 12.7. The molecule has 0 saturated carbocycles. The predicted octanol–water partition coefficient (Wildman–Crippen LogP) is 1.70. The number of carboxylic acids is 1. The Morgan fingerprint density at radius 2 is 2.09 bits per heavy atom. The van der Waals surface area contributed by atoms with Gasteiger partial charge in [0.05, 0.1) is 5.39 Å². The lowest BCUT2D eigenvalue weighted by molar-refractivity contribution is -0.146. The van der Waals surface area contributed by atoms with Gasteiger partial charge in [-0.1, -0.05) is 6.92 Å². The summed E-state index contributed by atoms with van der Waals surface area (Å²) in [5, 5.41) is 9.82. The number of carbonyl (C=O) groups is 1. The molecule has 7 heteroatoms. The fourth-order valence-corrected chi connectivity index (χ4v) is 4.42. The molecule has 0 aromatic carbocycles. The average Bonchev–Trinajstić information content (AvgIpc) is 2.74.